The van der Waals surface area contributed by atoms with Crippen molar-refractivity contribution >= 4 is 5.97 Å². The number of carbonyl (C=O) groups excluding carboxylic acids is 1. The molecule has 0 aliphatic carbocycles. The summed E-state index contributed by atoms with van der Waals surface area (Å²) in [6, 6.07) is 0. The number of hydrogen-bond acceptors (Lipinski definition) is 7. The summed E-state index contributed by atoms with van der Waals surface area (Å²) in [5.41, 5.74) is 0. The van der Waals surface area contributed by atoms with Crippen LogP contribution in [0.1, 0.15) is 50.9 Å². The van der Waals surface area contributed by atoms with E-state index in [4.69, 9.17) is 14.0 Å². The van der Waals surface area contributed by atoms with Gasteiger partial charge in [0.05, 0.1) is 13.2 Å². The Bertz CT molecular complexity index is 461. The quantitative estimate of drug-likeness (QED) is 0.737. The van der Waals surface area contributed by atoms with Gasteiger partial charge < -0.3 is 14.0 Å². The van der Waals surface area contributed by atoms with Gasteiger partial charge in [-0.15, -0.1) is 0 Å². The van der Waals surface area contributed by atoms with Crippen molar-refractivity contribution in [1.29, 1.82) is 0 Å². The molecular weight excluding hydrogens is 274 g/mol. The van der Waals surface area contributed by atoms with Crippen molar-refractivity contribution in [2.45, 2.75) is 39.2 Å². The van der Waals surface area contributed by atoms with Crippen LogP contribution in [0.15, 0.2) is 4.52 Å². The standard InChI is InChI=1S/C14H23N3O4/c1-4-6-17-7-8-20-11(9-17)12-15-13(21-16-12)10(3)14(18)19-5-2/h10-11H,4-9H2,1-3H3. The first kappa shape index (κ1) is 15.9. The molecular formula is C14H23N3O4. The number of aromatic nitrogens is 2. The van der Waals surface area contributed by atoms with E-state index in [2.05, 4.69) is 22.0 Å². The van der Waals surface area contributed by atoms with Crippen LogP contribution in [0.25, 0.3) is 0 Å². The summed E-state index contributed by atoms with van der Waals surface area (Å²) in [5, 5.41) is 3.95. The van der Waals surface area contributed by atoms with Crippen LogP contribution < -0.4 is 0 Å². The summed E-state index contributed by atoms with van der Waals surface area (Å²) < 4.78 is 15.8. The molecule has 0 N–H and O–H groups in total. The van der Waals surface area contributed by atoms with Gasteiger partial charge in [0.25, 0.3) is 0 Å². The molecule has 2 unspecified atom stereocenters. The number of morpholine rings is 1. The minimum Gasteiger partial charge on any atom is -0.465 e. The zero-order valence-electron chi connectivity index (χ0n) is 12.9. The summed E-state index contributed by atoms with van der Waals surface area (Å²) in [6.45, 7) is 9.31. The Kier molecular flexibility index (Phi) is 5.69. The van der Waals surface area contributed by atoms with E-state index >= 15 is 0 Å². The second-order valence-corrected chi connectivity index (χ2v) is 5.12. The smallest absolute Gasteiger partial charge is 0.318 e. The van der Waals surface area contributed by atoms with E-state index in [0.29, 0.717) is 19.0 Å². The molecule has 1 aliphatic rings. The van der Waals surface area contributed by atoms with Gasteiger partial charge in [-0.3, -0.25) is 9.69 Å². The van der Waals surface area contributed by atoms with Crippen molar-refractivity contribution in [2.75, 3.05) is 32.8 Å². The first-order valence-electron chi connectivity index (χ1n) is 7.49. The molecule has 1 aromatic heterocycles. The van der Waals surface area contributed by atoms with Crippen LogP contribution in [0, 0.1) is 0 Å². The average molecular weight is 297 g/mol. The number of esters is 1. The van der Waals surface area contributed by atoms with E-state index in [1.807, 2.05) is 0 Å². The molecule has 2 heterocycles. The van der Waals surface area contributed by atoms with Gasteiger partial charge in [-0.25, -0.2) is 0 Å². The summed E-state index contributed by atoms with van der Waals surface area (Å²) in [7, 11) is 0. The molecule has 0 saturated carbocycles. The highest BCUT2D eigenvalue weighted by atomic mass is 16.5. The topological polar surface area (TPSA) is 77.7 Å². The molecule has 2 atom stereocenters. The minimum atomic E-state index is -0.554. The third-order valence-corrected chi connectivity index (χ3v) is 3.45. The van der Waals surface area contributed by atoms with Gasteiger partial charge in [0, 0.05) is 13.1 Å². The molecule has 1 aliphatic heterocycles. The maximum atomic E-state index is 11.7. The van der Waals surface area contributed by atoms with Crippen molar-refractivity contribution in [3.8, 4) is 0 Å². The normalized spacial score (nSPS) is 21.2. The van der Waals surface area contributed by atoms with Crippen LogP contribution in [0.3, 0.4) is 0 Å². The largest absolute Gasteiger partial charge is 0.465 e. The van der Waals surface area contributed by atoms with Crippen molar-refractivity contribution in [3.63, 3.8) is 0 Å². The fourth-order valence-electron chi connectivity index (χ4n) is 2.30. The lowest BCUT2D eigenvalue weighted by Gasteiger charge is -2.30. The van der Waals surface area contributed by atoms with E-state index in [9.17, 15) is 4.79 Å². The van der Waals surface area contributed by atoms with E-state index < -0.39 is 5.92 Å². The van der Waals surface area contributed by atoms with Crippen LogP contribution in [-0.2, 0) is 14.3 Å². The number of rotatable bonds is 6. The fourth-order valence-corrected chi connectivity index (χ4v) is 2.30. The molecule has 0 aromatic carbocycles. The molecule has 2 rings (SSSR count). The Morgan fingerprint density at radius 1 is 1.52 bits per heavy atom. The second-order valence-electron chi connectivity index (χ2n) is 5.12. The summed E-state index contributed by atoms with van der Waals surface area (Å²) >= 11 is 0. The third kappa shape index (κ3) is 4.01. The van der Waals surface area contributed by atoms with E-state index in [1.165, 1.54) is 0 Å². The average Bonchev–Trinajstić information content (AvgIpc) is 2.97. The predicted octanol–water partition coefficient (Wildman–Crippen LogP) is 1.52. The highest BCUT2D eigenvalue weighted by molar-refractivity contribution is 5.76. The molecule has 1 saturated heterocycles. The third-order valence-electron chi connectivity index (χ3n) is 3.45. The zero-order chi connectivity index (χ0) is 15.2. The zero-order valence-corrected chi connectivity index (χ0v) is 12.9. The van der Waals surface area contributed by atoms with E-state index in [-0.39, 0.29) is 18.0 Å². The monoisotopic (exact) mass is 297 g/mol. The maximum absolute atomic E-state index is 11.7. The van der Waals surface area contributed by atoms with Gasteiger partial charge in [-0.1, -0.05) is 12.1 Å². The van der Waals surface area contributed by atoms with Crippen LogP contribution in [0.2, 0.25) is 0 Å². The predicted molar refractivity (Wildman–Crippen MR) is 74.8 cm³/mol. The molecule has 1 aromatic rings. The number of hydrogen-bond donors (Lipinski definition) is 0. The number of nitrogens with zero attached hydrogens (tertiary/aromatic N) is 3. The van der Waals surface area contributed by atoms with E-state index in [1.54, 1.807) is 13.8 Å². The lowest BCUT2D eigenvalue weighted by atomic mass is 10.2. The van der Waals surface area contributed by atoms with Crippen molar-refractivity contribution < 1.29 is 18.8 Å². The van der Waals surface area contributed by atoms with Gasteiger partial charge in [-0.05, 0) is 26.8 Å². The van der Waals surface area contributed by atoms with Gasteiger partial charge >= 0.3 is 5.97 Å². The Morgan fingerprint density at radius 3 is 3.05 bits per heavy atom. The Morgan fingerprint density at radius 2 is 2.33 bits per heavy atom. The first-order chi connectivity index (χ1) is 10.2. The Balaban J connectivity index is 2.00. The molecule has 0 radical (unpaired) electrons. The van der Waals surface area contributed by atoms with Crippen molar-refractivity contribution in [1.82, 2.24) is 15.0 Å². The summed E-state index contributed by atoms with van der Waals surface area (Å²) in [5.74, 6) is -0.131. The molecule has 21 heavy (non-hydrogen) atoms. The first-order valence-corrected chi connectivity index (χ1v) is 7.49. The van der Waals surface area contributed by atoms with Crippen molar-refractivity contribution in [2.24, 2.45) is 0 Å². The molecule has 0 amide bonds. The Hall–Kier alpha value is -1.47. The summed E-state index contributed by atoms with van der Waals surface area (Å²) in [4.78, 5) is 18.3. The van der Waals surface area contributed by atoms with Crippen LogP contribution in [0.4, 0.5) is 0 Å². The molecule has 1 fully saturated rings. The van der Waals surface area contributed by atoms with Crippen molar-refractivity contribution in [3.05, 3.63) is 11.7 Å². The molecule has 7 heteroatoms. The molecule has 0 spiro atoms. The lowest BCUT2D eigenvalue weighted by Crippen LogP contribution is -2.39. The maximum Gasteiger partial charge on any atom is 0.318 e. The lowest BCUT2D eigenvalue weighted by molar-refractivity contribution is -0.145. The molecule has 118 valence electrons. The Labute approximate surface area is 124 Å². The van der Waals surface area contributed by atoms with Gasteiger partial charge in [0.1, 0.15) is 12.0 Å². The second kappa shape index (κ2) is 7.51. The highest BCUT2D eigenvalue weighted by Crippen LogP contribution is 2.22. The van der Waals surface area contributed by atoms with Gasteiger partial charge in [-0.2, -0.15) is 4.98 Å². The number of carbonyl (C=O) groups is 1. The minimum absolute atomic E-state index is 0.197. The van der Waals surface area contributed by atoms with Crippen LogP contribution in [0.5, 0.6) is 0 Å². The van der Waals surface area contributed by atoms with Gasteiger partial charge in [0.15, 0.2) is 0 Å². The van der Waals surface area contributed by atoms with E-state index in [0.717, 1.165) is 26.1 Å². The molecule has 7 nitrogen and oxygen atoms in total. The van der Waals surface area contributed by atoms with Gasteiger partial charge in [0.2, 0.25) is 11.7 Å². The van der Waals surface area contributed by atoms with Crippen LogP contribution >= 0.6 is 0 Å². The van der Waals surface area contributed by atoms with Crippen LogP contribution in [-0.4, -0.2) is 53.9 Å². The fraction of sp³-hybridized carbons (Fsp3) is 0.786. The number of ether oxygens (including phenoxy) is 2. The SMILES string of the molecule is CCCN1CCOC(c2noc(C(C)C(=O)OCC)n2)C1. The summed E-state index contributed by atoms with van der Waals surface area (Å²) in [6.07, 6.45) is 0.904. The molecule has 0 bridgehead atoms. The highest BCUT2D eigenvalue weighted by Gasteiger charge is 2.29.